The monoisotopic (exact) mass is 184 g/mol. The molecule has 1 atom stereocenters. The molecular formula is C9H18N3O+. The van der Waals surface area contributed by atoms with Crippen LogP contribution in [-0.2, 0) is 4.74 Å². The van der Waals surface area contributed by atoms with Crippen LogP contribution in [0.4, 0.5) is 0 Å². The summed E-state index contributed by atoms with van der Waals surface area (Å²) < 4.78 is 5.02. The minimum Gasteiger partial charge on any atom is -0.482 e. The number of methoxy groups -OCH3 is 1. The molecule has 13 heavy (non-hydrogen) atoms. The first-order valence-corrected chi connectivity index (χ1v) is 4.57. The van der Waals surface area contributed by atoms with Gasteiger partial charge in [0.2, 0.25) is 0 Å². The Morgan fingerprint density at radius 3 is 2.92 bits per heavy atom. The molecule has 1 saturated heterocycles. The van der Waals surface area contributed by atoms with Crippen molar-refractivity contribution in [1.29, 1.82) is 0 Å². The van der Waals surface area contributed by atoms with Crippen LogP contribution >= 0.6 is 0 Å². The second kappa shape index (κ2) is 4.87. The van der Waals surface area contributed by atoms with E-state index in [0.717, 1.165) is 18.5 Å². The Balaban J connectivity index is 2.77. The van der Waals surface area contributed by atoms with E-state index < -0.39 is 0 Å². The third-order valence-electron chi connectivity index (χ3n) is 2.24. The summed E-state index contributed by atoms with van der Waals surface area (Å²) in [4.78, 5) is 2.98. The topological polar surface area (TPSA) is 61.2 Å². The van der Waals surface area contributed by atoms with Gasteiger partial charge in [-0.2, -0.15) is 0 Å². The van der Waals surface area contributed by atoms with Crippen LogP contribution in [0.25, 0.3) is 0 Å². The molecule has 1 rings (SSSR count). The molecule has 0 spiro atoms. The van der Waals surface area contributed by atoms with Gasteiger partial charge in [0.1, 0.15) is 7.05 Å². The van der Waals surface area contributed by atoms with E-state index in [1.807, 2.05) is 13.3 Å². The second-order valence-electron chi connectivity index (χ2n) is 3.11. The van der Waals surface area contributed by atoms with Crippen LogP contribution < -0.4 is 16.0 Å². The first-order valence-electron chi connectivity index (χ1n) is 4.57. The summed E-state index contributed by atoms with van der Waals surface area (Å²) in [6.45, 7) is 1.06. The standard InChI is InChI=1S/C9H17N3O/c1-11-6-7(9(10)13-2)8-4-3-5-12-8/h6,8,12H,3-5,10H2,1-2H3/p+1. The van der Waals surface area contributed by atoms with Gasteiger partial charge < -0.3 is 15.8 Å². The van der Waals surface area contributed by atoms with Crippen molar-refractivity contribution in [2.75, 3.05) is 20.7 Å². The van der Waals surface area contributed by atoms with Crippen molar-refractivity contribution in [1.82, 2.24) is 5.32 Å². The minimum absolute atomic E-state index is 0.340. The maximum Gasteiger partial charge on any atom is 0.194 e. The van der Waals surface area contributed by atoms with E-state index in [2.05, 4.69) is 10.3 Å². The normalized spacial score (nSPS) is 24.9. The molecule has 4 N–H and O–H groups in total. The lowest BCUT2D eigenvalue weighted by atomic mass is 10.1. The van der Waals surface area contributed by atoms with Gasteiger partial charge in [0.05, 0.1) is 12.7 Å². The summed E-state index contributed by atoms with van der Waals surface area (Å²) in [5, 5.41) is 3.37. The quantitative estimate of drug-likeness (QED) is 0.363. The highest BCUT2D eigenvalue weighted by atomic mass is 16.5. The van der Waals surface area contributed by atoms with Gasteiger partial charge in [-0.15, -0.1) is 0 Å². The zero-order valence-electron chi connectivity index (χ0n) is 8.26. The zero-order valence-corrected chi connectivity index (χ0v) is 8.26. The van der Waals surface area contributed by atoms with Gasteiger partial charge in [-0.1, -0.05) is 0 Å². The molecule has 0 aromatic heterocycles. The van der Waals surface area contributed by atoms with Crippen molar-refractivity contribution < 1.29 is 9.73 Å². The van der Waals surface area contributed by atoms with E-state index in [0.29, 0.717) is 11.9 Å². The summed E-state index contributed by atoms with van der Waals surface area (Å²) >= 11 is 0. The molecule has 1 aliphatic heterocycles. The lowest BCUT2D eigenvalue weighted by Gasteiger charge is -2.11. The lowest BCUT2D eigenvalue weighted by molar-refractivity contribution is -0.413. The van der Waals surface area contributed by atoms with Crippen LogP contribution in [0.15, 0.2) is 11.5 Å². The van der Waals surface area contributed by atoms with Crippen LogP contribution in [-0.4, -0.2) is 33.0 Å². The molecule has 0 bridgehead atoms. The summed E-state index contributed by atoms with van der Waals surface area (Å²) in [7, 11) is 3.45. The molecule has 4 nitrogen and oxygen atoms in total. The molecule has 4 heteroatoms. The molecule has 0 radical (unpaired) electrons. The molecule has 0 saturated carbocycles. The SMILES string of the molecule is C[NH+]=CC(=C(N)OC)C1CCCN1. The predicted molar refractivity (Wildman–Crippen MR) is 52.2 cm³/mol. The highest BCUT2D eigenvalue weighted by Crippen LogP contribution is 2.13. The van der Waals surface area contributed by atoms with Crippen molar-refractivity contribution in [3.63, 3.8) is 0 Å². The fourth-order valence-corrected chi connectivity index (χ4v) is 1.57. The summed E-state index contributed by atoms with van der Waals surface area (Å²) in [6.07, 6.45) is 4.21. The van der Waals surface area contributed by atoms with Gasteiger partial charge in [0.15, 0.2) is 12.1 Å². The molecule has 74 valence electrons. The molecule has 1 heterocycles. The maximum absolute atomic E-state index is 5.73. The Bertz CT molecular complexity index is 217. The predicted octanol–water partition coefficient (Wildman–Crippen LogP) is -1.66. The van der Waals surface area contributed by atoms with E-state index >= 15 is 0 Å². The summed E-state index contributed by atoms with van der Waals surface area (Å²) in [5.41, 5.74) is 6.75. The first kappa shape index (κ1) is 10.1. The molecule has 0 aliphatic carbocycles. The smallest absolute Gasteiger partial charge is 0.194 e. The Labute approximate surface area is 78.9 Å². The van der Waals surface area contributed by atoms with Crippen LogP contribution in [0.5, 0.6) is 0 Å². The van der Waals surface area contributed by atoms with Crippen molar-refractivity contribution in [2.24, 2.45) is 5.73 Å². The Morgan fingerprint density at radius 1 is 1.69 bits per heavy atom. The number of hydrogen-bond acceptors (Lipinski definition) is 3. The van der Waals surface area contributed by atoms with Crippen molar-refractivity contribution in [3.05, 3.63) is 11.5 Å². The first-order chi connectivity index (χ1) is 6.29. The largest absolute Gasteiger partial charge is 0.482 e. The minimum atomic E-state index is 0.340. The van der Waals surface area contributed by atoms with Crippen LogP contribution in [0.2, 0.25) is 0 Å². The van der Waals surface area contributed by atoms with Crippen molar-refractivity contribution in [2.45, 2.75) is 18.9 Å². The fourth-order valence-electron chi connectivity index (χ4n) is 1.57. The summed E-state index contributed by atoms with van der Waals surface area (Å²) in [5.74, 6) is 0.494. The van der Waals surface area contributed by atoms with Gasteiger partial charge in [0.25, 0.3) is 0 Å². The Hall–Kier alpha value is -1.03. The van der Waals surface area contributed by atoms with Crippen LogP contribution in [0.1, 0.15) is 12.8 Å². The number of nitrogens with one attached hydrogen (secondary N) is 2. The van der Waals surface area contributed by atoms with Crippen LogP contribution in [0, 0.1) is 0 Å². The molecule has 1 aliphatic rings. The van der Waals surface area contributed by atoms with Gasteiger partial charge in [0, 0.05) is 6.04 Å². The van der Waals surface area contributed by atoms with Gasteiger partial charge in [-0.3, -0.25) is 4.99 Å². The van der Waals surface area contributed by atoms with E-state index in [1.165, 1.54) is 6.42 Å². The maximum atomic E-state index is 5.73. The third-order valence-corrected chi connectivity index (χ3v) is 2.24. The average molecular weight is 184 g/mol. The highest BCUT2D eigenvalue weighted by molar-refractivity contribution is 5.76. The van der Waals surface area contributed by atoms with Crippen molar-refractivity contribution >= 4 is 6.21 Å². The number of hydrogen-bond donors (Lipinski definition) is 3. The van der Waals surface area contributed by atoms with Crippen LogP contribution in [0.3, 0.4) is 0 Å². The average Bonchev–Trinajstić information content (AvgIpc) is 2.65. The Morgan fingerprint density at radius 2 is 2.46 bits per heavy atom. The van der Waals surface area contributed by atoms with E-state index in [-0.39, 0.29) is 0 Å². The molecule has 1 fully saturated rings. The molecule has 0 aromatic rings. The fraction of sp³-hybridized carbons (Fsp3) is 0.667. The Kier molecular flexibility index (Phi) is 3.76. The third kappa shape index (κ3) is 2.45. The van der Waals surface area contributed by atoms with E-state index in [1.54, 1.807) is 7.11 Å². The van der Waals surface area contributed by atoms with Gasteiger partial charge in [-0.05, 0) is 19.4 Å². The van der Waals surface area contributed by atoms with E-state index in [9.17, 15) is 0 Å². The van der Waals surface area contributed by atoms with Gasteiger partial charge in [-0.25, -0.2) is 0 Å². The molecular weight excluding hydrogens is 166 g/mol. The second-order valence-corrected chi connectivity index (χ2v) is 3.11. The number of ether oxygens (including phenoxy) is 1. The molecule has 0 amide bonds. The van der Waals surface area contributed by atoms with Crippen molar-refractivity contribution in [3.8, 4) is 0 Å². The molecule has 0 aromatic carbocycles. The molecule has 1 unspecified atom stereocenters. The van der Waals surface area contributed by atoms with Gasteiger partial charge >= 0.3 is 0 Å². The zero-order chi connectivity index (χ0) is 9.68. The number of rotatable bonds is 3. The lowest BCUT2D eigenvalue weighted by Crippen LogP contribution is -2.64. The van der Waals surface area contributed by atoms with E-state index in [4.69, 9.17) is 10.5 Å². The summed E-state index contributed by atoms with van der Waals surface area (Å²) in [6, 6.07) is 0.340. The number of nitrogens with two attached hydrogens (primary N) is 1. The highest BCUT2D eigenvalue weighted by Gasteiger charge is 2.22.